The van der Waals surface area contributed by atoms with Gasteiger partial charge in [0.25, 0.3) is 0 Å². The summed E-state index contributed by atoms with van der Waals surface area (Å²) >= 11 is 0. The summed E-state index contributed by atoms with van der Waals surface area (Å²) in [5.41, 5.74) is 4.59. The summed E-state index contributed by atoms with van der Waals surface area (Å²) in [6, 6.07) is 14.2. The summed E-state index contributed by atoms with van der Waals surface area (Å²) < 4.78 is 2.23. The van der Waals surface area contributed by atoms with E-state index < -0.39 is 0 Å². The Bertz CT molecular complexity index is 1200. The number of benzene rings is 1. The molecule has 30 heavy (non-hydrogen) atoms. The van der Waals surface area contributed by atoms with Gasteiger partial charge in [0, 0.05) is 47.9 Å². The average molecular weight is 395 g/mol. The third-order valence-electron chi connectivity index (χ3n) is 5.93. The molecule has 1 aromatic carbocycles. The number of nitrogens with zero attached hydrogens (tertiary/aromatic N) is 7. The highest BCUT2D eigenvalue weighted by Crippen LogP contribution is 2.33. The molecule has 0 N–H and O–H groups in total. The van der Waals surface area contributed by atoms with Crippen LogP contribution in [0.4, 0.5) is 5.82 Å². The fourth-order valence-electron chi connectivity index (χ4n) is 4.44. The summed E-state index contributed by atoms with van der Waals surface area (Å²) in [6.07, 6.45) is 6.78. The second kappa shape index (κ2) is 7.02. The second-order valence-electron chi connectivity index (χ2n) is 7.76. The maximum Gasteiger partial charge on any atom is 0.164 e. The van der Waals surface area contributed by atoms with Crippen molar-refractivity contribution in [3.8, 4) is 22.8 Å². The first-order valence-corrected chi connectivity index (χ1v) is 10.4. The topological polar surface area (TPSA) is 72.6 Å². The molecular formula is C23H21N7. The van der Waals surface area contributed by atoms with Gasteiger partial charge in [-0.3, -0.25) is 4.98 Å². The predicted octanol–water partition coefficient (Wildman–Crippen LogP) is 3.31. The van der Waals surface area contributed by atoms with Crippen molar-refractivity contribution in [2.45, 2.75) is 32.4 Å². The Morgan fingerprint density at radius 2 is 1.67 bits per heavy atom. The number of pyridine rings is 1. The van der Waals surface area contributed by atoms with Gasteiger partial charge in [-0.2, -0.15) is 0 Å². The van der Waals surface area contributed by atoms with Gasteiger partial charge in [-0.15, -0.1) is 10.2 Å². The van der Waals surface area contributed by atoms with Gasteiger partial charge in [-0.25, -0.2) is 9.97 Å². The van der Waals surface area contributed by atoms with Crippen LogP contribution >= 0.6 is 0 Å². The van der Waals surface area contributed by atoms with Gasteiger partial charge in [0.15, 0.2) is 17.5 Å². The highest BCUT2D eigenvalue weighted by atomic mass is 15.4. The van der Waals surface area contributed by atoms with Crippen molar-refractivity contribution in [3.05, 3.63) is 71.9 Å². The van der Waals surface area contributed by atoms with E-state index in [1.165, 1.54) is 11.3 Å². The van der Waals surface area contributed by atoms with Crippen molar-refractivity contribution in [2.24, 2.45) is 0 Å². The van der Waals surface area contributed by atoms with Gasteiger partial charge in [0.1, 0.15) is 5.82 Å². The lowest BCUT2D eigenvalue weighted by Gasteiger charge is -2.30. The standard InChI is InChI=1S/C23H21N7/c1-2-5-17(6-3-1)22-28-27-20-15-29(13-14-30(20)22)23-18-7-4-8-19(18)25-21(26-23)16-9-11-24-12-10-16/h1-3,5-6,9-12H,4,7-8,13-15H2. The van der Waals surface area contributed by atoms with Crippen molar-refractivity contribution in [3.63, 3.8) is 0 Å². The first kappa shape index (κ1) is 17.3. The van der Waals surface area contributed by atoms with E-state index in [2.05, 4.69) is 36.8 Å². The van der Waals surface area contributed by atoms with Gasteiger partial charge in [-0.05, 0) is 31.4 Å². The molecule has 0 fully saturated rings. The molecule has 0 spiro atoms. The van der Waals surface area contributed by atoms with Crippen LogP contribution in [0.3, 0.4) is 0 Å². The molecule has 0 atom stereocenters. The van der Waals surface area contributed by atoms with Crippen LogP contribution < -0.4 is 4.90 Å². The number of rotatable bonds is 3. The van der Waals surface area contributed by atoms with Crippen molar-refractivity contribution < 1.29 is 0 Å². The van der Waals surface area contributed by atoms with Crippen LogP contribution in [0.1, 0.15) is 23.5 Å². The Labute approximate surface area is 174 Å². The van der Waals surface area contributed by atoms with Gasteiger partial charge in [-0.1, -0.05) is 30.3 Å². The van der Waals surface area contributed by atoms with Crippen LogP contribution in [0, 0.1) is 0 Å². The summed E-state index contributed by atoms with van der Waals surface area (Å²) in [5, 5.41) is 8.98. The Morgan fingerprint density at radius 3 is 2.53 bits per heavy atom. The maximum atomic E-state index is 5.01. The van der Waals surface area contributed by atoms with Crippen LogP contribution in [0.2, 0.25) is 0 Å². The summed E-state index contributed by atoms with van der Waals surface area (Å²) in [7, 11) is 0. The zero-order valence-corrected chi connectivity index (χ0v) is 16.6. The second-order valence-corrected chi connectivity index (χ2v) is 7.76. The molecule has 3 aromatic heterocycles. The summed E-state index contributed by atoms with van der Waals surface area (Å²) in [5.74, 6) is 3.76. The lowest BCUT2D eigenvalue weighted by Crippen LogP contribution is -2.35. The summed E-state index contributed by atoms with van der Waals surface area (Å²) in [4.78, 5) is 16.3. The molecule has 1 aliphatic carbocycles. The van der Waals surface area contributed by atoms with E-state index in [9.17, 15) is 0 Å². The van der Waals surface area contributed by atoms with Crippen LogP contribution in [0.5, 0.6) is 0 Å². The Morgan fingerprint density at radius 1 is 0.800 bits per heavy atom. The number of hydrogen-bond acceptors (Lipinski definition) is 6. The molecule has 2 aliphatic rings. The minimum absolute atomic E-state index is 0.707. The number of anilines is 1. The highest BCUT2D eigenvalue weighted by Gasteiger charge is 2.28. The molecule has 0 radical (unpaired) electrons. The summed E-state index contributed by atoms with van der Waals surface area (Å²) in [6.45, 7) is 2.43. The van der Waals surface area contributed by atoms with Gasteiger partial charge in [0.2, 0.25) is 0 Å². The number of hydrogen-bond donors (Lipinski definition) is 0. The first-order chi connectivity index (χ1) is 14.9. The molecule has 7 nitrogen and oxygen atoms in total. The Balaban J connectivity index is 1.37. The van der Waals surface area contributed by atoms with Crippen molar-refractivity contribution in [1.29, 1.82) is 0 Å². The zero-order chi connectivity index (χ0) is 19.9. The van der Waals surface area contributed by atoms with Crippen molar-refractivity contribution >= 4 is 5.82 Å². The van der Waals surface area contributed by atoms with Gasteiger partial charge >= 0.3 is 0 Å². The smallest absolute Gasteiger partial charge is 0.164 e. The number of aryl methyl sites for hydroxylation is 1. The van der Waals surface area contributed by atoms with Gasteiger partial charge in [0.05, 0.1) is 6.54 Å². The molecule has 0 amide bonds. The zero-order valence-electron chi connectivity index (χ0n) is 16.6. The molecule has 0 saturated heterocycles. The van der Waals surface area contributed by atoms with E-state index in [1.807, 2.05) is 30.3 Å². The van der Waals surface area contributed by atoms with Gasteiger partial charge < -0.3 is 9.47 Å². The Kier molecular flexibility index (Phi) is 4.04. The van der Waals surface area contributed by atoms with E-state index in [1.54, 1.807) is 12.4 Å². The molecule has 7 heteroatoms. The molecule has 0 unspecified atom stereocenters. The first-order valence-electron chi connectivity index (χ1n) is 10.4. The predicted molar refractivity (Wildman–Crippen MR) is 114 cm³/mol. The minimum atomic E-state index is 0.707. The largest absolute Gasteiger partial charge is 0.347 e. The average Bonchev–Trinajstić information content (AvgIpc) is 3.46. The molecule has 0 saturated carbocycles. The third-order valence-corrected chi connectivity index (χ3v) is 5.93. The molecule has 6 rings (SSSR count). The molecular weight excluding hydrogens is 374 g/mol. The minimum Gasteiger partial charge on any atom is -0.347 e. The molecule has 4 heterocycles. The molecule has 1 aliphatic heterocycles. The number of fused-ring (bicyclic) bond motifs is 2. The van der Waals surface area contributed by atoms with Crippen LogP contribution in [-0.4, -0.2) is 36.3 Å². The number of aromatic nitrogens is 6. The molecule has 0 bridgehead atoms. The molecule has 4 aromatic rings. The fourth-order valence-corrected chi connectivity index (χ4v) is 4.44. The normalized spacial score (nSPS) is 15.1. The quantitative estimate of drug-likeness (QED) is 0.530. The van der Waals surface area contributed by atoms with E-state index in [4.69, 9.17) is 9.97 Å². The maximum absolute atomic E-state index is 5.01. The van der Waals surface area contributed by atoms with E-state index >= 15 is 0 Å². The van der Waals surface area contributed by atoms with Crippen LogP contribution in [-0.2, 0) is 25.9 Å². The van der Waals surface area contributed by atoms with E-state index in [-0.39, 0.29) is 0 Å². The lowest BCUT2D eigenvalue weighted by atomic mass is 10.1. The van der Waals surface area contributed by atoms with Crippen LogP contribution in [0.25, 0.3) is 22.8 Å². The molecule has 148 valence electrons. The van der Waals surface area contributed by atoms with Crippen molar-refractivity contribution in [2.75, 3.05) is 11.4 Å². The van der Waals surface area contributed by atoms with Crippen LogP contribution in [0.15, 0.2) is 54.9 Å². The highest BCUT2D eigenvalue weighted by molar-refractivity contribution is 5.62. The fraction of sp³-hybridized carbons (Fsp3) is 0.261. The van der Waals surface area contributed by atoms with E-state index in [0.717, 1.165) is 66.8 Å². The van der Waals surface area contributed by atoms with Crippen molar-refractivity contribution in [1.82, 2.24) is 29.7 Å². The third kappa shape index (κ3) is 2.85. The SMILES string of the molecule is c1ccc(-c2nnc3n2CCN(c2nc(-c4ccncc4)nc4c2CCC4)C3)cc1. The van der Waals surface area contributed by atoms with E-state index in [0.29, 0.717) is 6.54 Å². The monoisotopic (exact) mass is 395 g/mol. The Hall–Kier alpha value is -3.61. The lowest BCUT2D eigenvalue weighted by molar-refractivity contribution is 0.558.